The Kier molecular flexibility index (Phi) is 4.18. The molecule has 0 saturated heterocycles. The number of hydrogen-bond donors (Lipinski definition) is 2. The molecule has 1 heterocycles. The van der Waals surface area contributed by atoms with Crippen molar-refractivity contribution in [1.82, 2.24) is 5.32 Å². The third kappa shape index (κ3) is 3.87. The van der Waals surface area contributed by atoms with Crippen molar-refractivity contribution in [3.8, 4) is 11.5 Å². The molecule has 0 aliphatic carbocycles. The van der Waals surface area contributed by atoms with Crippen molar-refractivity contribution in [3.63, 3.8) is 0 Å². The van der Waals surface area contributed by atoms with Gasteiger partial charge in [-0.2, -0.15) is 0 Å². The van der Waals surface area contributed by atoms with E-state index in [4.69, 9.17) is 9.47 Å². The van der Waals surface area contributed by atoms with Crippen LogP contribution in [0.1, 0.15) is 37.6 Å². The van der Waals surface area contributed by atoms with Crippen molar-refractivity contribution in [2.24, 2.45) is 5.41 Å². The molecule has 0 spiro atoms. The monoisotopic (exact) mass is 279 g/mol. The second-order valence-electron chi connectivity index (χ2n) is 6.20. The highest BCUT2D eigenvalue weighted by Crippen LogP contribution is 2.32. The number of amides is 1. The maximum atomic E-state index is 12.0. The van der Waals surface area contributed by atoms with E-state index in [9.17, 15) is 9.90 Å². The van der Waals surface area contributed by atoms with E-state index in [0.29, 0.717) is 23.5 Å². The number of ether oxygens (including phenoxy) is 2. The number of carbonyl (C=O) groups excluding carboxylic acids is 1. The number of hydrogen-bond acceptors (Lipinski definition) is 4. The average molecular weight is 279 g/mol. The Labute approximate surface area is 118 Å². The summed E-state index contributed by atoms with van der Waals surface area (Å²) in [6.07, 6.45) is 0.0852. The summed E-state index contributed by atoms with van der Waals surface area (Å²) in [6.45, 7) is 6.58. The number of fused-ring (bicyclic) bond motifs is 1. The van der Waals surface area contributed by atoms with Gasteiger partial charge < -0.3 is 19.9 Å². The molecule has 5 nitrogen and oxygen atoms in total. The number of nitrogens with one attached hydrogen (secondary N) is 1. The summed E-state index contributed by atoms with van der Waals surface area (Å²) in [5, 5.41) is 12.6. The zero-order valence-electron chi connectivity index (χ0n) is 12.1. The maximum Gasteiger partial charge on any atom is 0.251 e. The molecule has 1 atom stereocenters. The highest BCUT2D eigenvalue weighted by Gasteiger charge is 2.19. The quantitative estimate of drug-likeness (QED) is 0.884. The molecular formula is C15H21NO4. The first kappa shape index (κ1) is 14.7. The van der Waals surface area contributed by atoms with Crippen LogP contribution in [0.2, 0.25) is 0 Å². The summed E-state index contributed by atoms with van der Waals surface area (Å²) in [6, 6.07) is 5.04. The molecule has 1 amide bonds. The Morgan fingerprint density at radius 1 is 1.35 bits per heavy atom. The van der Waals surface area contributed by atoms with Gasteiger partial charge in [0.1, 0.15) is 0 Å². The number of benzene rings is 1. The lowest BCUT2D eigenvalue weighted by Crippen LogP contribution is -2.34. The summed E-state index contributed by atoms with van der Waals surface area (Å²) >= 11 is 0. The molecule has 0 bridgehead atoms. The predicted molar refractivity (Wildman–Crippen MR) is 75.0 cm³/mol. The van der Waals surface area contributed by atoms with E-state index in [1.807, 2.05) is 0 Å². The van der Waals surface area contributed by atoms with Crippen LogP contribution in [0.25, 0.3) is 0 Å². The van der Waals surface area contributed by atoms with Gasteiger partial charge in [-0.05, 0) is 30.0 Å². The molecule has 110 valence electrons. The van der Waals surface area contributed by atoms with Crippen molar-refractivity contribution in [2.75, 3.05) is 13.3 Å². The van der Waals surface area contributed by atoms with Gasteiger partial charge in [-0.1, -0.05) is 20.8 Å². The zero-order chi connectivity index (χ0) is 14.8. The molecule has 1 unspecified atom stereocenters. The number of aliphatic hydroxyl groups is 1. The third-order valence-corrected chi connectivity index (χ3v) is 2.98. The van der Waals surface area contributed by atoms with Gasteiger partial charge in [-0.25, -0.2) is 0 Å². The Morgan fingerprint density at radius 3 is 2.75 bits per heavy atom. The first-order valence-corrected chi connectivity index (χ1v) is 6.71. The normalized spacial score (nSPS) is 15.0. The van der Waals surface area contributed by atoms with Crippen molar-refractivity contribution in [3.05, 3.63) is 23.8 Å². The van der Waals surface area contributed by atoms with E-state index in [1.165, 1.54) is 0 Å². The maximum absolute atomic E-state index is 12.0. The van der Waals surface area contributed by atoms with Gasteiger partial charge in [0.2, 0.25) is 6.79 Å². The summed E-state index contributed by atoms with van der Waals surface area (Å²) in [5.74, 6) is 0.999. The molecule has 0 fully saturated rings. The number of aliphatic hydroxyl groups excluding tert-OH is 1. The summed E-state index contributed by atoms with van der Waals surface area (Å²) < 4.78 is 10.4. The summed E-state index contributed by atoms with van der Waals surface area (Å²) in [4.78, 5) is 12.0. The van der Waals surface area contributed by atoms with Crippen LogP contribution in [0.5, 0.6) is 11.5 Å². The molecule has 0 aromatic heterocycles. The van der Waals surface area contributed by atoms with Crippen molar-refractivity contribution < 1.29 is 19.4 Å². The Hall–Kier alpha value is -1.75. The van der Waals surface area contributed by atoms with Gasteiger partial charge in [0.15, 0.2) is 11.5 Å². The minimum absolute atomic E-state index is 0.0306. The first-order valence-electron chi connectivity index (χ1n) is 6.71. The average Bonchev–Trinajstić information content (AvgIpc) is 2.80. The minimum Gasteiger partial charge on any atom is -0.454 e. The topological polar surface area (TPSA) is 67.8 Å². The molecule has 1 aromatic carbocycles. The first-order chi connectivity index (χ1) is 9.35. The van der Waals surface area contributed by atoms with E-state index >= 15 is 0 Å². The second-order valence-corrected chi connectivity index (χ2v) is 6.20. The fourth-order valence-electron chi connectivity index (χ4n) is 2.13. The molecular weight excluding hydrogens is 258 g/mol. The van der Waals surface area contributed by atoms with Crippen LogP contribution in [0.15, 0.2) is 18.2 Å². The largest absolute Gasteiger partial charge is 0.454 e. The van der Waals surface area contributed by atoms with Crippen molar-refractivity contribution in [2.45, 2.75) is 33.3 Å². The second kappa shape index (κ2) is 5.71. The number of carbonyl (C=O) groups is 1. The van der Waals surface area contributed by atoms with Gasteiger partial charge in [-0.3, -0.25) is 4.79 Å². The SMILES string of the molecule is CC(C)(C)CC(O)CNC(=O)c1ccc2c(c1)OCO2. The van der Waals surface area contributed by atoms with Gasteiger partial charge in [0, 0.05) is 12.1 Å². The Bertz CT molecular complexity index is 493. The van der Waals surface area contributed by atoms with E-state index in [2.05, 4.69) is 26.1 Å². The fourth-order valence-corrected chi connectivity index (χ4v) is 2.13. The van der Waals surface area contributed by atoms with E-state index in [1.54, 1.807) is 18.2 Å². The van der Waals surface area contributed by atoms with E-state index in [0.717, 1.165) is 0 Å². The molecule has 1 aliphatic rings. The lowest BCUT2D eigenvalue weighted by atomic mass is 9.89. The molecule has 5 heteroatoms. The zero-order valence-corrected chi connectivity index (χ0v) is 12.1. The molecule has 1 aromatic rings. The molecule has 0 saturated carbocycles. The van der Waals surface area contributed by atoms with Crippen LogP contribution in [-0.4, -0.2) is 30.5 Å². The van der Waals surface area contributed by atoms with E-state index in [-0.39, 0.29) is 24.7 Å². The van der Waals surface area contributed by atoms with Crippen molar-refractivity contribution in [1.29, 1.82) is 0 Å². The molecule has 0 radical (unpaired) electrons. The van der Waals surface area contributed by atoms with Crippen LogP contribution >= 0.6 is 0 Å². The van der Waals surface area contributed by atoms with Gasteiger partial charge in [0.25, 0.3) is 5.91 Å². The van der Waals surface area contributed by atoms with Crippen LogP contribution in [-0.2, 0) is 0 Å². The fraction of sp³-hybridized carbons (Fsp3) is 0.533. The molecule has 2 N–H and O–H groups in total. The summed E-state index contributed by atoms with van der Waals surface area (Å²) in [5.41, 5.74) is 0.528. The third-order valence-electron chi connectivity index (χ3n) is 2.98. The predicted octanol–water partition coefficient (Wildman–Crippen LogP) is 1.94. The van der Waals surface area contributed by atoms with Crippen LogP contribution in [0.4, 0.5) is 0 Å². The smallest absolute Gasteiger partial charge is 0.251 e. The highest BCUT2D eigenvalue weighted by atomic mass is 16.7. The molecule has 20 heavy (non-hydrogen) atoms. The van der Waals surface area contributed by atoms with Crippen LogP contribution in [0.3, 0.4) is 0 Å². The van der Waals surface area contributed by atoms with Crippen LogP contribution < -0.4 is 14.8 Å². The minimum atomic E-state index is -0.548. The van der Waals surface area contributed by atoms with Crippen LogP contribution in [0, 0.1) is 5.41 Å². The lowest BCUT2D eigenvalue weighted by molar-refractivity contribution is 0.0868. The molecule has 2 rings (SSSR count). The standard InChI is InChI=1S/C15H21NO4/c1-15(2,3)7-11(17)8-16-14(18)10-4-5-12-13(6-10)20-9-19-12/h4-6,11,17H,7-9H2,1-3H3,(H,16,18). The van der Waals surface area contributed by atoms with Gasteiger partial charge in [0.05, 0.1) is 6.10 Å². The van der Waals surface area contributed by atoms with Crippen molar-refractivity contribution >= 4 is 5.91 Å². The van der Waals surface area contributed by atoms with E-state index < -0.39 is 6.10 Å². The van der Waals surface area contributed by atoms with Gasteiger partial charge in [-0.15, -0.1) is 0 Å². The Balaban J connectivity index is 1.89. The Morgan fingerprint density at radius 2 is 2.05 bits per heavy atom. The summed E-state index contributed by atoms with van der Waals surface area (Å²) in [7, 11) is 0. The highest BCUT2D eigenvalue weighted by molar-refractivity contribution is 5.94. The molecule has 1 aliphatic heterocycles. The van der Waals surface area contributed by atoms with Gasteiger partial charge >= 0.3 is 0 Å². The number of rotatable bonds is 4. The lowest BCUT2D eigenvalue weighted by Gasteiger charge is -2.22.